The number of aromatic nitrogens is 1. The van der Waals surface area contributed by atoms with E-state index in [1.807, 2.05) is 0 Å². The summed E-state index contributed by atoms with van der Waals surface area (Å²) in [6.45, 7) is 1.98. The third-order valence-corrected chi connectivity index (χ3v) is 7.70. The molecule has 0 atom stereocenters. The molecule has 1 aromatic heterocycles. The minimum atomic E-state index is -1.18. The second-order valence-electron chi connectivity index (χ2n) is 10.2. The first-order valence-corrected chi connectivity index (χ1v) is 12.9. The molecule has 0 amide bonds. The van der Waals surface area contributed by atoms with Gasteiger partial charge in [-0.05, 0) is 105 Å². The average Bonchev–Trinajstić information content (AvgIpc) is 2.88. The van der Waals surface area contributed by atoms with Gasteiger partial charge in [-0.15, -0.1) is 0 Å². The Kier molecular flexibility index (Phi) is 8.87. The highest BCUT2D eigenvalue weighted by Gasteiger charge is 2.36. The fourth-order valence-electron chi connectivity index (χ4n) is 5.59. The lowest BCUT2D eigenvalue weighted by Crippen LogP contribution is -2.41. The second-order valence-corrected chi connectivity index (χ2v) is 10.2. The Bertz CT molecular complexity index is 1290. The van der Waals surface area contributed by atoms with Crippen LogP contribution in [0.25, 0.3) is 10.9 Å². The van der Waals surface area contributed by atoms with Gasteiger partial charge in [-0.3, -0.25) is 9.78 Å². The van der Waals surface area contributed by atoms with Crippen molar-refractivity contribution in [3.8, 4) is 5.75 Å². The number of hydrogen-bond acceptors (Lipinski definition) is 4. The molecule has 9 heteroatoms. The third-order valence-electron chi connectivity index (χ3n) is 7.70. The number of carboxylic acids is 1. The van der Waals surface area contributed by atoms with Gasteiger partial charge >= 0.3 is 5.97 Å². The quantitative estimate of drug-likeness (QED) is 0.232. The van der Waals surface area contributed by atoms with Gasteiger partial charge in [-0.1, -0.05) is 0 Å². The Labute approximate surface area is 219 Å². The van der Waals surface area contributed by atoms with Crippen LogP contribution in [0.3, 0.4) is 0 Å². The number of nitrogens with zero attached hydrogens (tertiary/aromatic N) is 2. The fourth-order valence-corrected chi connectivity index (χ4v) is 5.59. The molecule has 2 heterocycles. The predicted molar refractivity (Wildman–Crippen MR) is 136 cm³/mol. The molecule has 2 aromatic carbocycles. The second kappa shape index (κ2) is 12.1. The predicted octanol–water partition coefficient (Wildman–Crippen LogP) is 6.31. The first kappa shape index (κ1) is 27.8. The molecule has 0 radical (unpaired) electrons. The molecule has 1 aliphatic rings. The topological polar surface area (TPSA) is 62.7 Å². The fraction of sp³-hybridized carbons (Fsp3) is 0.448. The van der Waals surface area contributed by atoms with Gasteiger partial charge in [0.15, 0.2) is 11.6 Å². The molecule has 4 rings (SSSR count). The van der Waals surface area contributed by atoms with Crippen LogP contribution in [0, 0.1) is 28.7 Å². The van der Waals surface area contributed by atoms with Crippen LogP contribution in [0.15, 0.2) is 36.5 Å². The number of aryl methyl sites for hydroxylation is 2. The Morgan fingerprint density at radius 3 is 2.53 bits per heavy atom. The molecule has 1 aliphatic heterocycles. The smallest absolute Gasteiger partial charge is 0.303 e. The van der Waals surface area contributed by atoms with Crippen LogP contribution in [0.2, 0.25) is 0 Å². The maximum absolute atomic E-state index is 14.7. The molecule has 0 aliphatic carbocycles. The summed E-state index contributed by atoms with van der Waals surface area (Å²) in [7, 11) is 1.55. The normalized spacial score (nSPS) is 15.6. The van der Waals surface area contributed by atoms with E-state index in [2.05, 4.69) is 9.88 Å². The number of likely N-dealkylation sites (tertiary alicyclic amines) is 1. The molecule has 204 valence electrons. The largest absolute Gasteiger partial charge is 0.497 e. The summed E-state index contributed by atoms with van der Waals surface area (Å²) in [5.74, 6) is -3.62. The van der Waals surface area contributed by atoms with E-state index in [0.717, 1.165) is 6.07 Å². The molecule has 5 nitrogen and oxygen atoms in total. The van der Waals surface area contributed by atoms with E-state index >= 15 is 0 Å². The Hall–Kier alpha value is -3.20. The number of pyridine rings is 1. The van der Waals surface area contributed by atoms with Crippen molar-refractivity contribution >= 4 is 16.9 Å². The number of ether oxygens (including phenoxy) is 1. The van der Waals surface area contributed by atoms with Crippen molar-refractivity contribution in [2.75, 3.05) is 26.7 Å². The number of piperidine rings is 1. The highest BCUT2D eigenvalue weighted by atomic mass is 19.2. The summed E-state index contributed by atoms with van der Waals surface area (Å²) >= 11 is 0. The number of fused-ring (bicyclic) bond motifs is 1. The molecule has 3 aromatic rings. The first-order chi connectivity index (χ1) is 18.2. The van der Waals surface area contributed by atoms with Crippen molar-refractivity contribution in [2.45, 2.75) is 51.4 Å². The maximum Gasteiger partial charge on any atom is 0.303 e. The van der Waals surface area contributed by atoms with Crippen LogP contribution in [0.5, 0.6) is 5.75 Å². The van der Waals surface area contributed by atoms with Crippen LogP contribution in [0.4, 0.5) is 17.6 Å². The Balaban J connectivity index is 1.35. The van der Waals surface area contributed by atoms with Gasteiger partial charge in [0.05, 0.1) is 25.2 Å². The van der Waals surface area contributed by atoms with Crippen molar-refractivity contribution in [3.05, 3.63) is 70.9 Å². The van der Waals surface area contributed by atoms with Crippen molar-refractivity contribution in [1.29, 1.82) is 0 Å². The summed E-state index contributed by atoms with van der Waals surface area (Å²) in [6.07, 6.45) is 5.10. The van der Waals surface area contributed by atoms with E-state index < -0.39 is 28.8 Å². The van der Waals surface area contributed by atoms with E-state index in [-0.39, 0.29) is 24.2 Å². The highest BCUT2D eigenvalue weighted by Crippen LogP contribution is 2.40. The van der Waals surface area contributed by atoms with Gasteiger partial charge in [0.2, 0.25) is 0 Å². The molecule has 1 saturated heterocycles. The minimum absolute atomic E-state index is 0.0215. The van der Waals surface area contributed by atoms with E-state index in [9.17, 15) is 27.5 Å². The van der Waals surface area contributed by atoms with E-state index in [4.69, 9.17) is 4.74 Å². The molecule has 38 heavy (non-hydrogen) atoms. The zero-order chi connectivity index (χ0) is 27.3. The molecule has 1 N–H and O–H groups in total. The number of aliphatic carboxylic acids is 1. The van der Waals surface area contributed by atoms with Crippen molar-refractivity contribution < 1.29 is 32.2 Å². The molecule has 0 unspecified atom stereocenters. The van der Waals surface area contributed by atoms with Crippen molar-refractivity contribution in [1.82, 2.24) is 9.88 Å². The highest BCUT2D eigenvalue weighted by molar-refractivity contribution is 5.83. The third kappa shape index (κ3) is 6.62. The molecular formula is C29H32F4N2O3. The summed E-state index contributed by atoms with van der Waals surface area (Å²) in [4.78, 5) is 18.0. The lowest BCUT2D eigenvalue weighted by atomic mass is 9.72. The SMILES string of the molecule is COc1ccc2ncc(F)c(CCCC3(CC(=O)O)CCN(CCCc4cc(F)cc(F)c4F)CC3)c2c1. The van der Waals surface area contributed by atoms with Crippen LogP contribution in [-0.2, 0) is 17.6 Å². The monoisotopic (exact) mass is 532 g/mol. The maximum atomic E-state index is 14.7. The molecule has 1 fully saturated rings. The summed E-state index contributed by atoms with van der Waals surface area (Å²) in [5.41, 5.74) is 0.861. The molecule has 0 spiro atoms. The van der Waals surface area contributed by atoms with Gasteiger partial charge in [0.1, 0.15) is 17.4 Å². The Morgan fingerprint density at radius 1 is 1.05 bits per heavy atom. The summed E-state index contributed by atoms with van der Waals surface area (Å²) < 4.78 is 60.8. The number of methoxy groups -OCH3 is 1. The van der Waals surface area contributed by atoms with Crippen molar-refractivity contribution in [2.24, 2.45) is 5.41 Å². The number of rotatable bonds is 11. The van der Waals surface area contributed by atoms with Crippen molar-refractivity contribution in [3.63, 3.8) is 0 Å². The zero-order valence-electron chi connectivity index (χ0n) is 21.4. The van der Waals surface area contributed by atoms with Crippen LogP contribution >= 0.6 is 0 Å². The minimum Gasteiger partial charge on any atom is -0.497 e. The standard InChI is InChI=1S/C29H32F4N2O3/c1-38-21-6-7-26-23(16-21)22(25(32)18-34-26)5-2-8-29(17-27(36)37)9-12-35(13-10-29)11-3-4-19-14-20(30)15-24(31)28(19)33/h6-7,14-16,18H,2-5,8-13,17H2,1H3,(H,36,37). The molecular weight excluding hydrogens is 500 g/mol. The average molecular weight is 533 g/mol. The van der Waals surface area contributed by atoms with E-state index in [0.29, 0.717) is 86.4 Å². The van der Waals surface area contributed by atoms with Gasteiger partial charge < -0.3 is 14.7 Å². The van der Waals surface area contributed by atoms with Gasteiger partial charge in [-0.25, -0.2) is 17.6 Å². The number of carbonyl (C=O) groups is 1. The van der Waals surface area contributed by atoms with Crippen LogP contribution in [-0.4, -0.2) is 47.7 Å². The van der Waals surface area contributed by atoms with E-state index in [1.165, 1.54) is 6.20 Å². The van der Waals surface area contributed by atoms with Gasteiger partial charge in [0, 0.05) is 11.5 Å². The zero-order valence-corrected chi connectivity index (χ0v) is 21.4. The molecule has 0 saturated carbocycles. The van der Waals surface area contributed by atoms with E-state index in [1.54, 1.807) is 25.3 Å². The summed E-state index contributed by atoms with van der Waals surface area (Å²) in [5, 5.41) is 10.3. The number of benzene rings is 2. The van der Waals surface area contributed by atoms with Gasteiger partial charge in [-0.2, -0.15) is 0 Å². The first-order valence-electron chi connectivity index (χ1n) is 12.9. The number of halogens is 4. The Morgan fingerprint density at radius 2 is 1.82 bits per heavy atom. The summed E-state index contributed by atoms with van der Waals surface area (Å²) in [6, 6.07) is 6.90. The van der Waals surface area contributed by atoms with Crippen LogP contribution < -0.4 is 4.74 Å². The molecule has 0 bridgehead atoms. The van der Waals surface area contributed by atoms with Gasteiger partial charge in [0.25, 0.3) is 0 Å². The van der Waals surface area contributed by atoms with Crippen LogP contribution in [0.1, 0.15) is 49.7 Å². The lowest BCUT2D eigenvalue weighted by Gasteiger charge is -2.41. The number of carboxylic acid groups (broad SMARTS) is 1. The lowest BCUT2D eigenvalue weighted by molar-refractivity contribution is -0.140. The number of hydrogen-bond donors (Lipinski definition) is 1.